The van der Waals surface area contributed by atoms with Crippen LogP contribution in [0.4, 0.5) is 5.69 Å². The molecular weight excluding hydrogens is 270 g/mol. The molecule has 0 bridgehead atoms. The van der Waals surface area contributed by atoms with Gasteiger partial charge >= 0.3 is 0 Å². The second-order valence-corrected chi connectivity index (χ2v) is 6.03. The van der Waals surface area contributed by atoms with E-state index in [1.54, 1.807) is 0 Å². The van der Waals surface area contributed by atoms with Crippen molar-refractivity contribution < 1.29 is 9.00 Å². The summed E-state index contributed by atoms with van der Waals surface area (Å²) in [5.74, 6) is 0.209. The number of nitrogens with one attached hydrogen (secondary N) is 1. The molecule has 104 valence electrons. The highest BCUT2D eigenvalue weighted by atomic mass is 32.2. The third kappa shape index (κ3) is 4.31. The smallest absolute Gasteiger partial charge is 0.237 e. The van der Waals surface area contributed by atoms with E-state index in [1.807, 2.05) is 61.5 Å². The van der Waals surface area contributed by atoms with Crippen molar-refractivity contribution in [3.05, 3.63) is 65.7 Å². The second-order valence-electron chi connectivity index (χ2n) is 4.57. The molecule has 4 heteroatoms. The fraction of sp³-hybridized carbons (Fsp3) is 0.188. The Morgan fingerprint density at radius 3 is 2.40 bits per heavy atom. The lowest BCUT2D eigenvalue weighted by Crippen LogP contribution is -2.20. The first-order chi connectivity index (χ1) is 9.65. The van der Waals surface area contributed by atoms with E-state index in [1.165, 1.54) is 0 Å². The van der Waals surface area contributed by atoms with Crippen LogP contribution in [0.1, 0.15) is 11.1 Å². The molecule has 1 amide bonds. The number of carbonyl (C=O) groups excluding carboxylic acids is 1. The van der Waals surface area contributed by atoms with E-state index in [0.29, 0.717) is 5.75 Å². The van der Waals surface area contributed by atoms with Gasteiger partial charge in [0.1, 0.15) is 5.75 Å². The number of rotatable bonds is 5. The molecule has 0 aromatic heterocycles. The van der Waals surface area contributed by atoms with Gasteiger partial charge in [0.15, 0.2) is 0 Å². The fourth-order valence-corrected chi connectivity index (χ4v) is 3.00. The summed E-state index contributed by atoms with van der Waals surface area (Å²) in [4.78, 5) is 11.8. The zero-order valence-corrected chi connectivity index (χ0v) is 12.2. The minimum Gasteiger partial charge on any atom is -0.325 e. The summed E-state index contributed by atoms with van der Waals surface area (Å²) in [5.41, 5.74) is 2.85. The lowest BCUT2D eigenvalue weighted by atomic mass is 10.1. The monoisotopic (exact) mass is 287 g/mol. The maximum absolute atomic E-state index is 12.0. The van der Waals surface area contributed by atoms with Gasteiger partial charge in [-0.05, 0) is 30.2 Å². The van der Waals surface area contributed by atoms with E-state index >= 15 is 0 Å². The molecule has 2 aromatic rings. The molecular formula is C16H17NO2S. The second kappa shape index (κ2) is 7.01. The zero-order chi connectivity index (χ0) is 14.4. The lowest BCUT2D eigenvalue weighted by Gasteiger charge is -2.07. The minimum absolute atomic E-state index is 0.0171. The Bertz CT molecular complexity index is 611. The van der Waals surface area contributed by atoms with Crippen molar-refractivity contribution in [2.24, 2.45) is 0 Å². The first-order valence-electron chi connectivity index (χ1n) is 6.39. The van der Waals surface area contributed by atoms with Crippen LogP contribution >= 0.6 is 0 Å². The highest BCUT2D eigenvalue weighted by Gasteiger charge is 2.10. The van der Waals surface area contributed by atoms with Crippen LogP contribution in [0.5, 0.6) is 0 Å². The SMILES string of the molecule is Cc1ccccc1CS(=O)CC(=O)Nc1ccccc1. The van der Waals surface area contributed by atoms with E-state index in [0.717, 1.165) is 16.8 Å². The number of para-hydroxylation sites is 1. The van der Waals surface area contributed by atoms with Gasteiger partial charge in [-0.15, -0.1) is 0 Å². The highest BCUT2D eigenvalue weighted by molar-refractivity contribution is 7.84. The van der Waals surface area contributed by atoms with Crippen LogP contribution in [-0.4, -0.2) is 15.9 Å². The third-order valence-electron chi connectivity index (χ3n) is 2.93. The molecule has 2 aromatic carbocycles. The predicted molar refractivity (Wildman–Crippen MR) is 83.0 cm³/mol. The lowest BCUT2D eigenvalue weighted by molar-refractivity contribution is -0.113. The summed E-state index contributed by atoms with van der Waals surface area (Å²) < 4.78 is 12.0. The molecule has 0 aliphatic carbocycles. The van der Waals surface area contributed by atoms with Gasteiger partial charge in [0, 0.05) is 22.2 Å². The summed E-state index contributed by atoms with van der Waals surface area (Å²) in [6.45, 7) is 1.98. The summed E-state index contributed by atoms with van der Waals surface area (Å²) in [6, 6.07) is 17.0. The zero-order valence-electron chi connectivity index (χ0n) is 11.3. The molecule has 1 unspecified atom stereocenters. The molecule has 0 spiro atoms. The van der Waals surface area contributed by atoms with Crippen molar-refractivity contribution >= 4 is 22.4 Å². The number of benzene rings is 2. The predicted octanol–water partition coefficient (Wildman–Crippen LogP) is 2.88. The molecule has 0 aliphatic rings. The first kappa shape index (κ1) is 14.5. The summed E-state index contributed by atoms with van der Waals surface area (Å²) in [5, 5.41) is 2.74. The molecule has 0 saturated heterocycles. The molecule has 3 nitrogen and oxygen atoms in total. The number of amides is 1. The van der Waals surface area contributed by atoms with Crippen molar-refractivity contribution in [1.82, 2.24) is 0 Å². The van der Waals surface area contributed by atoms with Gasteiger partial charge < -0.3 is 5.32 Å². The third-order valence-corrected chi connectivity index (χ3v) is 4.14. The maximum atomic E-state index is 12.0. The average molecular weight is 287 g/mol. The molecule has 0 fully saturated rings. The van der Waals surface area contributed by atoms with Crippen molar-refractivity contribution in [3.63, 3.8) is 0 Å². The minimum atomic E-state index is -1.20. The van der Waals surface area contributed by atoms with E-state index in [4.69, 9.17) is 0 Å². The van der Waals surface area contributed by atoms with Crippen LogP contribution in [0.25, 0.3) is 0 Å². The van der Waals surface area contributed by atoms with Crippen LogP contribution in [0.15, 0.2) is 54.6 Å². The van der Waals surface area contributed by atoms with E-state index < -0.39 is 10.8 Å². The van der Waals surface area contributed by atoms with Crippen LogP contribution < -0.4 is 5.32 Å². The Balaban J connectivity index is 1.89. The molecule has 0 saturated carbocycles. The Labute approximate surface area is 121 Å². The topological polar surface area (TPSA) is 46.2 Å². The number of hydrogen-bond acceptors (Lipinski definition) is 2. The molecule has 0 radical (unpaired) electrons. The van der Waals surface area contributed by atoms with E-state index in [-0.39, 0.29) is 11.7 Å². The Hall–Kier alpha value is -1.94. The van der Waals surface area contributed by atoms with Crippen molar-refractivity contribution in [3.8, 4) is 0 Å². The number of anilines is 1. The molecule has 2 rings (SSSR count). The first-order valence-corrected chi connectivity index (χ1v) is 7.88. The maximum Gasteiger partial charge on any atom is 0.237 e. The van der Waals surface area contributed by atoms with E-state index in [9.17, 15) is 9.00 Å². The molecule has 1 N–H and O–H groups in total. The summed E-state index contributed by atoms with van der Waals surface area (Å²) in [6.07, 6.45) is 0. The van der Waals surface area contributed by atoms with Crippen LogP contribution in [-0.2, 0) is 21.3 Å². The van der Waals surface area contributed by atoms with Crippen LogP contribution in [0.3, 0.4) is 0 Å². The number of aryl methyl sites for hydroxylation is 1. The van der Waals surface area contributed by atoms with Crippen molar-refractivity contribution in [1.29, 1.82) is 0 Å². The molecule has 1 atom stereocenters. The largest absolute Gasteiger partial charge is 0.325 e. The number of hydrogen-bond donors (Lipinski definition) is 1. The Morgan fingerprint density at radius 2 is 1.70 bits per heavy atom. The van der Waals surface area contributed by atoms with Gasteiger partial charge in [0.05, 0.1) is 0 Å². The van der Waals surface area contributed by atoms with Gasteiger partial charge in [-0.25, -0.2) is 0 Å². The fourth-order valence-electron chi connectivity index (χ4n) is 1.86. The van der Waals surface area contributed by atoms with Crippen molar-refractivity contribution in [2.45, 2.75) is 12.7 Å². The van der Waals surface area contributed by atoms with Gasteiger partial charge in [-0.1, -0.05) is 42.5 Å². The Kier molecular flexibility index (Phi) is 5.07. The summed E-state index contributed by atoms with van der Waals surface area (Å²) >= 11 is 0. The van der Waals surface area contributed by atoms with Crippen LogP contribution in [0.2, 0.25) is 0 Å². The molecule has 0 heterocycles. The standard InChI is InChI=1S/C16H17NO2S/c1-13-7-5-6-8-14(13)11-20(19)12-16(18)17-15-9-3-2-4-10-15/h2-10H,11-12H2,1H3,(H,17,18). The van der Waals surface area contributed by atoms with Gasteiger partial charge in [-0.2, -0.15) is 0 Å². The van der Waals surface area contributed by atoms with Gasteiger partial charge in [0.2, 0.25) is 5.91 Å². The molecule has 0 aliphatic heterocycles. The normalized spacial score (nSPS) is 11.8. The Morgan fingerprint density at radius 1 is 1.05 bits per heavy atom. The summed E-state index contributed by atoms with van der Waals surface area (Å²) in [7, 11) is -1.20. The van der Waals surface area contributed by atoms with Crippen molar-refractivity contribution in [2.75, 3.05) is 11.1 Å². The number of carbonyl (C=O) groups is 1. The quantitative estimate of drug-likeness (QED) is 0.919. The van der Waals surface area contributed by atoms with Gasteiger partial charge in [-0.3, -0.25) is 9.00 Å². The average Bonchev–Trinajstić information content (AvgIpc) is 2.42. The van der Waals surface area contributed by atoms with Crippen LogP contribution in [0, 0.1) is 6.92 Å². The van der Waals surface area contributed by atoms with E-state index in [2.05, 4.69) is 5.32 Å². The molecule has 20 heavy (non-hydrogen) atoms. The highest BCUT2D eigenvalue weighted by Crippen LogP contribution is 2.10. The van der Waals surface area contributed by atoms with Gasteiger partial charge in [0.25, 0.3) is 0 Å².